The van der Waals surface area contributed by atoms with E-state index < -0.39 is 11.9 Å². The van der Waals surface area contributed by atoms with Crippen LogP contribution in [0.1, 0.15) is 75.6 Å². The molecule has 0 saturated heterocycles. The summed E-state index contributed by atoms with van der Waals surface area (Å²) in [5.74, 6) is -1.00. The van der Waals surface area contributed by atoms with Crippen LogP contribution in [0.2, 0.25) is 0 Å². The fourth-order valence-corrected chi connectivity index (χ4v) is 3.01. The number of aliphatic imine (C=N–C) groups is 2. The zero-order chi connectivity index (χ0) is 28.8. The summed E-state index contributed by atoms with van der Waals surface area (Å²) < 4.78 is 0. The van der Waals surface area contributed by atoms with Gasteiger partial charge < -0.3 is 30.0 Å². The summed E-state index contributed by atoms with van der Waals surface area (Å²) in [5.41, 5.74) is 5.14. The van der Waals surface area contributed by atoms with Crippen LogP contribution in [0.15, 0.2) is 70.6 Å². The van der Waals surface area contributed by atoms with Gasteiger partial charge in [-0.3, -0.25) is 9.98 Å². The Balaban J connectivity index is 0.00000142. The van der Waals surface area contributed by atoms with Gasteiger partial charge in [0.15, 0.2) is 0 Å². The predicted molar refractivity (Wildman–Crippen MR) is 147 cm³/mol. The molecule has 0 aliphatic heterocycles. The van der Waals surface area contributed by atoms with E-state index in [0.717, 1.165) is 36.3 Å². The Hall–Kier alpha value is -3.95. The third-order valence-electron chi connectivity index (χ3n) is 4.97. The van der Waals surface area contributed by atoms with Crippen LogP contribution < -0.4 is 10.2 Å². The van der Waals surface area contributed by atoms with Crippen molar-refractivity contribution in [3.63, 3.8) is 0 Å². The molecule has 3 aromatic rings. The van der Waals surface area contributed by atoms with Crippen molar-refractivity contribution in [2.75, 3.05) is 0 Å². The Morgan fingerprint density at radius 2 is 1.03 bits per heavy atom. The Kier molecular flexibility index (Phi) is 15.8. The van der Waals surface area contributed by atoms with Gasteiger partial charge in [-0.2, -0.15) is 0 Å². The van der Waals surface area contributed by atoms with Gasteiger partial charge in [0.25, 0.3) is 0 Å². The SMILES string of the molecule is CC(=O)[O-].CC(=O)[O-].CC(C)c1ccc(O)c(C=Nc2cccc(N=Cc3cc(C(C)C)ccc3O)c2)c1.[Co+2]. The van der Waals surface area contributed by atoms with Crippen molar-refractivity contribution in [2.45, 2.75) is 53.4 Å². The van der Waals surface area contributed by atoms with Crippen molar-refractivity contribution in [2.24, 2.45) is 9.98 Å². The fourth-order valence-electron chi connectivity index (χ4n) is 3.01. The maximum atomic E-state index is 10.1. The molecule has 0 heterocycles. The van der Waals surface area contributed by atoms with Crippen molar-refractivity contribution < 1.29 is 46.8 Å². The Labute approximate surface area is 240 Å². The molecule has 0 bridgehead atoms. The van der Waals surface area contributed by atoms with Crippen molar-refractivity contribution in [1.82, 2.24) is 0 Å². The van der Waals surface area contributed by atoms with Gasteiger partial charge in [-0.05, 0) is 79.3 Å². The number of rotatable bonds is 6. The molecule has 2 N–H and O–H groups in total. The van der Waals surface area contributed by atoms with E-state index in [-0.39, 0.29) is 28.3 Å². The van der Waals surface area contributed by atoms with Crippen molar-refractivity contribution in [3.05, 3.63) is 82.9 Å². The topological polar surface area (TPSA) is 145 Å². The first kappa shape index (κ1) is 35.0. The number of aliphatic carboxylic acids is 2. The molecule has 8 nitrogen and oxygen atoms in total. The van der Waals surface area contributed by atoms with Crippen molar-refractivity contribution in [3.8, 4) is 11.5 Å². The average Bonchev–Trinajstić information content (AvgIpc) is 2.82. The second kappa shape index (κ2) is 17.5. The van der Waals surface area contributed by atoms with Gasteiger partial charge in [-0.15, -0.1) is 0 Å². The fraction of sp³-hybridized carbons (Fsp3) is 0.267. The predicted octanol–water partition coefficient (Wildman–Crippen LogP) is 4.36. The zero-order valence-electron chi connectivity index (χ0n) is 22.8. The number of hydrogen-bond acceptors (Lipinski definition) is 8. The van der Waals surface area contributed by atoms with Crippen LogP contribution in [0.5, 0.6) is 11.5 Å². The molecule has 0 saturated carbocycles. The average molecular weight is 578 g/mol. The molecule has 0 unspecified atom stereocenters. The van der Waals surface area contributed by atoms with Gasteiger partial charge in [-0.25, -0.2) is 0 Å². The van der Waals surface area contributed by atoms with E-state index in [0.29, 0.717) is 23.0 Å². The third-order valence-corrected chi connectivity index (χ3v) is 4.97. The van der Waals surface area contributed by atoms with Crippen molar-refractivity contribution >= 4 is 35.7 Å². The summed E-state index contributed by atoms with van der Waals surface area (Å²) in [7, 11) is 0. The maximum Gasteiger partial charge on any atom is 2.00 e. The molecule has 0 amide bonds. The van der Waals surface area contributed by atoms with Crippen LogP contribution in [0.4, 0.5) is 11.4 Å². The molecule has 3 aromatic carbocycles. The number of carboxylic acid groups (broad SMARTS) is 2. The van der Waals surface area contributed by atoms with Crippen LogP contribution in [0.3, 0.4) is 0 Å². The summed E-state index contributed by atoms with van der Waals surface area (Å²) in [5, 5.41) is 38.0. The summed E-state index contributed by atoms with van der Waals surface area (Å²) >= 11 is 0. The molecule has 1 radical (unpaired) electrons. The van der Waals surface area contributed by atoms with Crippen LogP contribution in [-0.2, 0) is 26.4 Å². The summed E-state index contributed by atoms with van der Waals surface area (Å²) in [6, 6.07) is 18.7. The molecule has 0 spiro atoms. The summed E-state index contributed by atoms with van der Waals surface area (Å²) in [6.07, 6.45) is 3.34. The van der Waals surface area contributed by atoms with Crippen LogP contribution >= 0.6 is 0 Å². The molecule has 3 rings (SSSR count). The van der Waals surface area contributed by atoms with Gasteiger partial charge in [0, 0.05) is 35.5 Å². The molecule has 0 aromatic heterocycles. The number of carboxylic acids is 2. The summed E-state index contributed by atoms with van der Waals surface area (Å²) in [6.45, 7) is 10.4. The van der Waals surface area contributed by atoms with Crippen molar-refractivity contribution in [1.29, 1.82) is 0 Å². The first-order valence-electron chi connectivity index (χ1n) is 12.0. The molecule has 9 heteroatoms. The number of carbonyl (C=O) groups excluding carboxylic acids is 2. The number of nitrogens with zero attached hydrogens (tertiary/aromatic N) is 2. The monoisotopic (exact) mass is 577 g/mol. The van der Waals surface area contributed by atoms with Gasteiger partial charge >= 0.3 is 16.8 Å². The van der Waals surface area contributed by atoms with Gasteiger partial charge in [-0.1, -0.05) is 45.9 Å². The second-order valence-corrected chi connectivity index (χ2v) is 8.97. The van der Waals surface area contributed by atoms with E-state index in [1.54, 1.807) is 24.6 Å². The van der Waals surface area contributed by atoms with Crippen LogP contribution in [0, 0.1) is 0 Å². The van der Waals surface area contributed by atoms with Gasteiger partial charge in [0.1, 0.15) is 11.5 Å². The standard InChI is InChI=1S/C26H28N2O2.2C2H4O2.Co/c1-17(2)19-8-10-25(29)21(12-19)15-27-23-6-5-7-24(14-23)28-16-22-13-20(18(3)4)9-11-26(22)30;2*1-2(3)4;/h5-18,29-30H,1-4H3;2*1H3,(H,3,4);/q;;;+2/p-2. The molecular formula is C30H34CoN2O6. The Bertz CT molecular complexity index is 1180. The minimum atomic E-state index is -1.08. The minimum Gasteiger partial charge on any atom is -0.550 e. The molecule has 0 aliphatic rings. The first-order valence-corrected chi connectivity index (χ1v) is 12.0. The largest absolute Gasteiger partial charge is 2.00 e. The third kappa shape index (κ3) is 14.0. The quantitative estimate of drug-likeness (QED) is 0.417. The number of benzene rings is 3. The van der Waals surface area contributed by atoms with E-state index in [1.807, 2.05) is 48.5 Å². The molecule has 0 fully saturated rings. The number of phenolic OH excluding ortho intramolecular Hbond substituents is 2. The van der Waals surface area contributed by atoms with E-state index in [2.05, 4.69) is 37.7 Å². The normalized spacial score (nSPS) is 10.5. The number of carbonyl (C=O) groups is 2. The van der Waals surface area contributed by atoms with Crippen LogP contribution in [0.25, 0.3) is 0 Å². The van der Waals surface area contributed by atoms with E-state index >= 15 is 0 Å². The summed E-state index contributed by atoms with van der Waals surface area (Å²) in [4.78, 5) is 26.8. The van der Waals surface area contributed by atoms with Gasteiger partial charge in [0.05, 0.1) is 11.4 Å². The maximum absolute atomic E-state index is 10.1. The zero-order valence-corrected chi connectivity index (χ0v) is 23.9. The molecule has 0 atom stereocenters. The Morgan fingerprint density at radius 3 is 1.33 bits per heavy atom. The van der Waals surface area contributed by atoms with Gasteiger partial charge in [0.2, 0.25) is 0 Å². The second-order valence-electron chi connectivity index (χ2n) is 8.97. The van der Waals surface area contributed by atoms with E-state index in [1.165, 1.54) is 0 Å². The number of aromatic hydroxyl groups is 2. The van der Waals surface area contributed by atoms with E-state index in [9.17, 15) is 10.2 Å². The number of phenols is 2. The smallest absolute Gasteiger partial charge is 0.550 e. The molecule has 0 aliphatic carbocycles. The Morgan fingerprint density at radius 1 is 0.692 bits per heavy atom. The van der Waals surface area contributed by atoms with E-state index in [4.69, 9.17) is 19.8 Å². The number of hydrogen-bond donors (Lipinski definition) is 2. The minimum absolute atomic E-state index is 0. The molecule has 39 heavy (non-hydrogen) atoms. The van der Waals surface area contributed by atoms with Crippen LogP contribution in [-0.4, -0.2) is 34.6 Å². The molecular weight excluding hydrogens is 543 g/mol. The first-order chi connectivity index (χ1) is 17.8. The molecule has 209 valence electrons.